The molecule has 21 heavy (non-hydrogen) atoms. The van der Waals surface area contributed by atoms with Crippen molar-refractivity contribution in [3.05, 3.63) is 41.6 Å². The highest BCUT2D eigenvalue weighted by molar-refractivity contribution is 5.94. The Morgan fingerprint density at radius 3 is 2.86 bits per heavy atom. The van der Waals surface area contributed by atoms with Crippen molar-refractivity contribution < 1.29 is 4.79 Å². The monoisotopic (exact) mass is 287 g/mol. The summed E-state index contributed by atoms with van der Waals surface area (Å²) in [5, 5.41) is 2.89. The molecule has 0 atom stereocenters. The zero-order valence-electron chi connectivity index (χ0n) is 12.5. The van der Waals surface area contributed by atoms with E-state index in [1.54, 1.807) is 18.3 Å². The fourth-order valence-corrected chi connectivity index (χ4v) is 2.15. The lowest BCUT2D eigenvalue weighted by atomic mass is 10.1. The van der Waals surface area contributed by atoms with Gasteiger partial charge in [0.2, 0.25) is 0 Å². The van der Waals surface area contributed by atoms with E-state index >= 15 is 0 Å². The van der Waals surface area contributed by atoms with Crippen LogP contribution in [0.25, 0.3) is 0 Å². The number of aryl methyl sites for hydroxylation is 2. The smallest absolute Gasteiger partial charge is 0.251 e. The molecule has 6 heteroatoms. The Morgan fingerprint density at radius 1 is 1.38 bits per heavy atom. The van der Waals surface area contributed by atoms with E-state index in [4.69, 9.17) is 5.73 Å². The quantitative estimate of drug-likeness (QED) is 0.839. The maximum Gasteiger partial charge on any atom is 0.251 e. The largest absolute Gasteiger partial charge is 0.384 e. The van der Waals surface area contributed by atoms with Crippen LogP contribution >= 0.6 is 0 Å². The van der Waals surface area contributed by atoms with Gasteiger partial charge in [0, 0.05) is 43.7 Å². The third-order valence-electron chi connectivity index (χ3n) is 3.22. The Kier molecular flexibility index (Phi) is 4.92. The molecule has 3 N–H and O–H groups in total. The van der Waals surface area contributed by atoms with Gasteiger partial charge in [0.05, 0.1) is 0 Å². The number of hydrogen-bond acceptors (Lipinski definition) is 4. The van der Waals surface area contributed by atoms with Crippen molar-refractivity contribution in [1.82, 2.24) is 19.9 Å². The van der Waals surface area contributed by atoms with Gasteiger partial charge in [-0.05, 0) is 18.6 Å². The zero-order valence-corrected chi connectivity index (χ0v) is 12.5. The molecule has 1 amide bonds. The van der Waals surface area contributed by atoms with Crippen LogP contribution in [0.3, 0.4) is 0 Å². The van der Waals surface area contributed by atoms with Gasteiger partial charge in [0.15, 0.2) is 0 Å². The van der Waals surface area contributed by atoms with E-state index in [9.17, 15) is 4.79 Å². The first-order chi connectivity index (χ1) is 10.1. The lowest BCUT2D eigenvalue weighted by Gasteiger charge is -2.08. The second kappa shape index (κ2) is 6.88. The average molecular weight is 287 g/mol. The van der Waals surface area contributed by atoms with E-state index in [0.29, 0.717) is 24.3 Å². The van der Waals surface area contributed by atoms with Crippen LogP contribution in [0.15, 0.2) is 24.5 Å². The Hall–Kier alpha value is -2.37. The van der Waals surface area contributed by atoms with Crippen molar-refractivity contribution in [2.45, 2.75) is 26.2 Å². The SMILES string of the molecule is CCCc1cc(C(=O)NCCc2nccn2C)cc(N)n1. The molecule has 2 aromatic heterocycles. The van der Waals surface area contributed by atoms with Gasteiger partial charge in [0.25, 0.3) is 5.91 Å². The molecule has 6 nitrogen and oxygen atoms in total. The van der Waals surface area contributed by atoms with Crippen LogP contribution in [0.4, 0.5) is 5.82 Å². The number of nitrogen functional groups attached to an aromatic ring is 1. The molecule has 2 heterocycles. The zero-order chi connectivity index (χ0) is 15.2. The van der Waals surface area contributed by atoms with Gasteiger partial charge >= 0.3 is 0 Å². The van der Waals surface area contributed by atoms with Crippen molar-refractivity contribution >= 4 is 11.7 Å². The molecule has 0 bridgehead atoms. The first-order valence-corrected chi connectivity index (χ1v) is 7.11. The highest BCUT2D eigenvalue weighted by Gasteiger charge is 2.09. The number of nitrogens with one attached hydrogen (secondary N) is 1. The summed E-state index contributed by atoms with van der Waals surface area (Å²) in [5.41, 5.74) is 7.16. The van der Waals surface area contributed by atoms with Gasteiger partial charge in [-0.2, -0.15) is 0 Å². The third kappa shape index (κ3) is 4.05. The number of pyridine rings is 1. The number of amides is 1. The number of nitrogens with two attached hydrogens (primary N) is 1. The molecule has 2 rings (SSSR count). The van der Waals surface area contributed by atoms with E-state index in [1.165, 1.54) is 0 Å². The summed E-state index contributed by atoms with van der Waals surface area (Å²) >= 11 is 0. The summed E-state index contributed by atoms with van der Waals surface area (Å²) in [6, 6.07) is 3.41. The topological polar surface area (TPSA) is 85.8 Å². The Morgan fingerprint density at radius 2 is 2.19 bits per heavy atom. The molecule has 0 saturated heterocycles. The highest BCUT2D eigenvalue weighted by atomic mass is 16.1. The summed E-state index contributed by atoms with van der Waals surface area (Å²) in [6.07, 6.45) is 6.11. The predicted octanol–water partition coefficient (Wildman–Crippen LogP) is 1.32. The lowest BCUT2D eigenvalue weighted by Crippen LogP contribution is -2.26. The molecule has 0 fully saturated rings. The van der Waals surface area contributed by atoms with Crippen LogP contribution in [-0.4, -0.2) is 27.0 Å². The van der Waals surface area contributed by atoms with E-state index < -0.39 is 0 Å². The van der Waals surface area contributed by atoms with Gasteiger partial charge < -0.3 is 15.6 Å². The number of imidazole rings is 1. The van der Waals surface area contributed by atoms with E-state index in [2.05, 4.69) is 22.2 Å². The predicted molar refractivity (Wildman–Crippen MR) is 81.9 cm³/mol. The second-order valence-electron chi connectivity index (χ2n) is 4.98. The van der Waals surface area contributed by atoms with Gasteiger partial charge in [0.1, 0.15) is 11.6 Å². The number of aromatic nitrogens is 3. The number of nitrogens with zero attached hydrogens (tertiary/aromatic N) is 3. The fourth-order valence-electron chi connectivity index (χ4n) is 2.15. The summed E-state index contributed by atoms with van der Waals surface area (Å²) in [7, 11) is 1.94. The maximum atomic E-state index is 12.1. The average Bonchev–Trinajstić information content (AvgIpc) is 2.84. The molecule has 0 aromatic carbocycles. The van der Waals surface area contributed by atoms with Crippen LogP contribution in [0.2, 0.25) is 0 Å². The fraction of sp³-hybridized carbons (Fsp3) is 0.400. The summed E-state index contributed by atoms with van der Waals surface area (Å²) in [4.78, 5) is 20.6. The van der Waals surface area contributed by atoms with Crippen molar-refractivity contribution in [3.8, 4) is 0 Å². The van der Waals surface area contributed by atoms with Crippen molar-refractivity contribution in [2.75, 3.05) is 12.3 Å². The standard InChI is InChI=1S/C15H21N5O/c1-3-4-12-9-11(10-13(16)19-12)15(21)18-6-5-14-17-7-8-20(14)2/h7-10H,3-6H2,1-2H3,(H2,16,19)(H,18,21). The highest BCUT2D eigenvalue weighted by Crippen LogP contribution is 2.09. The van der Waals surface area contributed by atoms with Gasteiger partial charge in [-0.25, -0.2) is 9.97 Å². The molecule has 0 aliphatic carbocycles. The Balaban J connectivity index is 1.95. The Labute approximate surface area is 124 Å². The number of hydrogen-bond donors (Lipinski definition) is 2. The van der Waals surface area contributed by atoms with E-state index in [1.807, 2.05) is 17.8 Å². The molecule has 0 aliphatic rings. The molecular formula is C15H21N5O. The van der Waals surface area contributed by atoms with E-state index in [0.717, 1.165) is 24.4 Å². The normalized spacial score (nSPS) is 10.6. The van der Waals surface area contributed by atoms with Gasteiger partial charge in [-0.15, -0.1) is 0 Å². The lowest BCUT2D eigenvalue weighted by molar-refractivity contribution is 0.0953. The van der Waals surface area contributed by atoms with Crippen molar-refractivity contribution in [1.29, 1.82) is 0 Å². The minimum absolute atomic E-state index is 0.129. The van der Waals surface area contributed by atoms with Gasteiger partial charge in [-0.3, -0.25) is 4.79 Å². The van der Waals surface area contributed by atoms with E-state index in [-0.39, 0.29) is 5.91 Å². The molecule has 0 aliphatic heterocycles. The van der Waals surface area contributed by atoms with Crippen LogP contribution < -0.4 is 11.1 Å². The maximum absolute atomic E-state index is 12.1. The Bertz CT molecular complexity index is 620. The van der Waals surface area contributed by atoms with Crippen LogP contribution in [0, 0.1) is 0 Å². The number of carbonyl (C=O) groups is 1. The molecule has 0 spiro atoms. The van der Waals surface area contributed by atoms with Crippen LogP contribution in [-0.2, 0) is 19.9 Å². The molecule has 0 radical (unpaired) electrons. The van der Waals surface area contributed by atoms with Crippen molar-refractivity contribution in [2.24, 2.45) is 7.05 Å². The third-order valence-corrected chi connectivity index (χ3v) is 3.22. The minimum atomic E-state index is -0.129. The van der Waals surface area contributed by atoms with Gasteiger partial charge in [-0.1, -0.05) is 13.3 Å². The summed E-state index contributed by atoms with van der Waals surface area (Å²) in [6.45, 7) is 2.60. The first-order valence-electron chi connectivity index (χ1n) is 7.11. The number of anilines is 1. The molecule has 0 unspecified atom stereocenters. The molecule has 0 saturated carbocycles. The van der Waals surface area contributed by atoms with Crippen LogP contribution in [0.1, 0.15) is 35.2 Å². The first kappa shape index (κ1) is 15.0. The van der Waals surface area contributed by atoms with Crippen molar-refractivity contribution in [3.63, 3.8) is 0 Å². The van der Waals surface area contributed by atoms with Crippen LogP contribution in [0.5, 0.6) is 0 Å². The molecular weight excluding hydrogens is 266 g/mol. The number of rotatable bonds is 6. The number of carbonyl (C=O) groups excluding carboxylic acids is 1. The molecule has 2 aromatic rings. The summed E-state index contributed by atoms with van der Waals surface area (Å²) in [5.74, 6) is 1.20. The minimum Gasteiger partial charge on any atom is -0.384 e. The molecule has 112 valence electrons. The summed E-state index contributed by atoms with van der Waals surface area (Å²) < 4.78 is 1.94. The second-order valence-corrected chi connectivity index (χ2v) is 4.98.